The summed E-state index contributed by atoms with van der Waals surface area (Å²) in [7, 11) is 0. The molecule has 7 nitrogen and oxygen atoms in total. The van der Waals surface area contributed by atoms with Gasteiger partial charge in [0.2, 0.25) is 12.7 Å². The molecule has 0 fully saturated rings. The molecular weight excluding hydrogens is 396 g/mol. The van der Waals surface area contributed by atoms with Crippen molar-refractivity contribution in [1.29, 1.82) is 0 Å². The summed E-state index contributed by atoms with van der Waals surface area (Å²) in [6, 6.07) is 19.8. The maximum absolute atomic E-state index is 12.5. The van der Waals surface area contributed by atoms with E-state index < -0.39 is 6.04 Å². The van der Waals surface area contributed by atoms with Crippen LogP contribution in [0.15, 0.2) is 66.7 Å². The Labute approximate surface area is 180 Å². The highest BCUT2D eigenvalue weighted by atomic mass is 16.7. The van der Waals surface area contributed by atoms with Gasteiger partial charge in [-0.15, -0.1) is 0 Å². The van der Waals surface area contributed by atoms with E-state index in [2.05, 4.69) is 10.6 Å². The Morgan fingerprint density at radius 3 is 2.23 bits per heavy atom. The number of anilines is 2. The third-order valence-electron chi connectivity index (χ3n) is 4.64. The van der Waals surface area contributed by atoms with E-state index in [0.717, 1.165) is 17.2 Å². The Bertz CT molecular complexity index is 1030. The summed E-state index contributed by atoms with van der Waals surface area (Å²) >= 11 is 0. The van der Waals surface area contributed by atoms with Gasteiger partial charge in [0, 0.05) is 17.4 Å². The average molecular weight is 420 g/mol. The lowest BCUT2D eigenvalue weighted by atomic mass is 10.2. The topological polar surface area (TPSA) is 78.1 Å². The van der Waals surface area contributed by atoms with Gasteiger partial charge in [0.25, 0.3) is 0 Å². The summed E-state index contributed by atoms with van der Waals surface area (Å²) in [5.74, 6) is 3.38. The molecule has 3 aromatic carbocycles. The van der Waals surface area contributed by atoms with E-state index >= 15 is 0 Å². The van der Waals surface area contributed by atoms with Gasteiger partial charge in [0.05, 0.1) is 6.61 Å². The first-order valence-electron chi connectivity index (χ1n) is 10.1. The Morgan fingerprint density at radius 1 is 0.903 bits per heavy atom. The minimum absolute atomic E-state index is 0.159. The highest BCUT2D eigenvalue weighted by Gasteiger charge is 2.17. The smallest absolute Gasteiger partial charge is 0.246 e. The quantitative estimate of drug-likeness (QED) is 0.531. The molecule has 0 radical (unpaired) electrons. The van der Waals surface area contributed by atoms with Crippen molar-refractivity contribution in [2.24, 2.45) is 0 Å². The van der Waals surface area contributed by atoms with Crippen LogP contribution in [0.3, 0.4) is 0 Å². The van der Waals surface area contributed by atoms with Crippen LogP contribution in [0.1, 0.15) is 13.8 Å². The summed E-state index contributed by atoms with van der Waals surface area (Å²) in [5.41, 5.74) is 1.47. The standard InChI is InChI=1S/C24H24N2O5/c1-3-28-19-9-11-21(12-10-19)31-20-7-4-17(5-8-20)25-16(2)24(27)26-18-6-13-22-23(14-18)30-15-29-22/h4-14,16,25H,3,15H2,1-2H3,(H,26,27)/t16-/m1/s1. The summed E-state index contributed by atoms with van der Waals surface area (Å²) in [4.78, 5) is 12.5. The molecule has 1 atom stereocenters. The number of hydrogen-bond acceptors (Lipinski definition) is 6. The number of rotatable bonds is 8. The zero-order valence-corrected chi connectivity index (χ0v) is 17.4. The van der Waals surface area contributed by atoms with Gasteiger partial charge in [-0.05, 0) is 74.5 Å². The minimum Gasteiger partial charge on any atom is -0.494 e. The third kappa shape index (κ3) is 5.19. The van der Waals surface area contributed by atoms with E-state index in [9.17, 15) is 4.79 Å². The van der Waals surface area contributed by atoms with Gasteiger partial charge in [-0.3, -0.25) is 4.79 Å². The lowest BCUT2D eigenvalue weighted by Gasteiger charge is -2.16. The summed E-state index contributed by atoms with van der Waals surface area (Å²) in [6.45, 7) is 4.57. The van der Waals surface area contributed by atoms with Crippen molar-refractivity contribution >= 4 is 17.3 Å². The predicted molar refractivity (Wildman–Crippen MR) is 118 cm³/mol. The maximum Gasteiger partial charge on any atom is 0.246 e. The molecule has 1 amide bonds. The molecule has 0 unspecified atom stereocenters. The third-order valence-corrected chi connectivity index (χ3v) is 4.64. The molecule has 31 heavy (non-hydrogen) atoms. The number of fused-ring (bicyclic) bond motifs is 1. The van der Waals surface area contributed by atoms with Gasteiger partial charge in [0.1, 0.15) is 23.3 Å². The summed E-state index contributed by atoms with van der Waals surface area (Å²) in [6.07, 6.45) is 0. The van der Waals surface area contributed by atoms with Crippen LogP contribution >= 0.6 is 0 Å². The van der Waals surface area contributed by atoms with E-state index in [0.29, 0.717) is 29.5 Å². The van der Waals surface area contributed by atoms with Crippen molar-refractivity contribution < 1.29 is 23.7 Å². The molecule has 0 bridgehead atoms. The number of carbonyl (C=O) groups is 1. The van der Waals surface area contributed by atoms with Gasteiger partial charge in [-0.1, -0.05) is 0 Å². The van der Waals surface area contributed by atoms with E-state index in [1.165, 1.54) is 0 Å². The molecule has 7 heteroatoms. The molecule has 160 valence electrons. The first-order chi connectivity index (χ1) is 15.1. The van der Waals surface area contributed by atoms with Crippen molar-refractivity contribution in [2.45, 2.75) is 19.9 Å². The van der Waals surface area contributed by atoms with Crippen LogP contribution in [0.4, 0.5) is 11.4 Å². The first-order valence-corrected chi connectivity index (χ1v) is 10.1. The first kappa shape index (κ1) is 20.4. The molecule has 0 saturated carbocycles. The number of amides is 1. The van der Waals surface area contributed by atoms with Gasteiger partial charge < -0.3 is 29.6 Å². The van der Waals surface area contributed by atoms with Crippen molar-refractivity contribution in [2.75, 3.05) is 24.0 Å². The Hall–Kier alpha value is -3.87. The zero-order valence-electron chi connectivity index (χ0n) is 17.4. The minimum atomic E-state index is -0.441. The highest BCUT2D eigenvalue weighted by Crippen LogP contribution is 2.34. The van der Waals surface area contributed by atoms with Crippen molar-refractivity contribution in [3.63, 3.8) is 0 Å². The van der Waals surface area contributed by atoms with E-state index in [4.69, 9.17) is 18.9 Å². The number of carbonyl (C=O) groups excluding carboxylic acids is 1. The maximum atomic E-state index is 12.5. The monoisotopic (exact) mass is 420 g/mol. The number of ether oxygens (including phenoxy) is 4. The van der Waals surface area contributed by atoms with Gasteiger partial charge in [-0.2, -0.15) is 0 Å². The molecule has 0 aromatic heterocycles. The number of nitrogens with one attached hydrogen (secondary N) is 2. The van der Waals surface area contributed by atoms with Crippen LogP contribution in [0.5, 0.6) is 28.7 Å². The van der Waals surface area contributed by atoms with Crippen molar-refractivity contribution in [3.05, 3.63) is 66.7 Å². The highest BCUT2D eigenvalue weighted by molar-refractivity contribution is 5.96. The Kier molecular flexibility index (Phi) is 6.12. The molecule has 4 rings (SSSR count). The number of hydrogen-bond donors (Lipinski definition) is 2. The van der Waals surface area contributed by atoms with Crippen LogP contribution < -0.4 is 29.6 Å². The Balaban J connectivity index is 1.31. The van der Waals surface area contributed by atoms with E-state index in [-0.39, 0.29) is 12.7 Å². The fourth-order valence-electron chi connectivity index (χ4n) is 3.07. The van der Waals surface area contributed by atoms with Crippen LogP contribution in [-0.4, -0.2) is 25.3 Å². The van der Waals surface area contributed by atoms with Gasteiger partial charge in [0.15, 0.2) is 11.5 Å². The number of benzene rings is 3. The lowest BCUT2D eigenvalue weighted by Crippen LogP contribution is -2.31. The normalized spacial score (nSPS) is 12.7. The Morgan fingerprint density at radius 2 is 1.52 bits per heavy atom. The summed E-state index contributed by atoms with van der Waals surface area (Å²) < 4.78 is 21.9. The van der Waals surface area contributed by atoms with Crippen molar-refractivity contribution in [1.82, 2.24) is 0 Å². The summed E-state index contributed by atoms with van der Waals surface area (Å²) in [5, 5.41) is 6.06. The average Bonchev–Trinajstić information content (AvgIpc) is 3.24. The molecule has 1 aliphatic heterocycles. The van der Waals surface area contributed by atoms with Crippen LogP contribution in [-0.2, 0) is 4.79 Å². The second kappa shape index (κ2) is 9.30. The largest absolute Gasteiger partial charge is 0.494 e. The van der Waals surface area contributed by atoms with Crippen LogP contribution in [0.2, 0.25) is 0 Å². The van der Waals surface area contributed by atoms with Crippen molar-refractivity contribution in [3.8, 4) is 28.7 Å². The fraction of sp³-hybridized carbons (Fsp3) is 0.208. The van der Waals surface area contributed by atoms with Gasteiger partial charge >= 0.3 is 0 Å². The van der Waals surface area contributed by atoms with E-state index in [1.807, 2.05) is 55.5 Å². The predicted octanol–water partition coefficient (Wildman–Crippen LogP) is 5.05. The lowest BCUT2D eigenvalue weighted by molar-refractivity contribution is -0.116. The molecule has 2 N–H and O–H groups in total. The zero-order chi connectivity index (χ0) is 21.6. The molecule has 0 saturated heterocycles. The second-order valence-corrected chi connectivity index (χ2v) is 6.95. The molecule has 1 heterocycles. The second-order valence-electron chi connectivity index (χ2n) is 6.95. The van der Waals surface area contributed by atoms with E-state index in [1.54, 1.807) is 25.1 Å². The molecule has 3 aromatic rings. The molecule has 0 spiro atoms. The molecule has 1 aliphatic rings. The van der Waals surface area contributed by atoms with Crippen LogP contribution in [0.25, 0.3) is 0 Å². The molecular formula is C24H24N2O5. The van der Waals surface area contributed by atoms with Crippen LogP contribution in [0, 0.1) is 0 Å². The molecule has 0 aliphatic carbocycles. The SMILES string of the molecule is CCOc1ccc(Oc2ccc(N[C@H](C)C(=O)Nc3ccc4c(c3)OCO4)cc2)cc1. The van der Waals surface area contributed by atoms with Gasteiger partial charge in [-0.25, -0.2) is 0 Å². The fourth-order valence-corrected chi connectivity index (χ4v) is 3.07.